The van der Waals surface area contributed by atoms with Crippen molar-refractivity contribution < 1.29 is 14.3 Å². The summed E-state index contributed by atoms with van der Waals surface area (Å²) in [6, 6.07) is 14.4. The molecule has 142 valence electrons. The lowest BCUT2D eigenvalue weighted by molar-refractivity contribution is -0.143. The van der Waals surface area contributed by atoms with Gasteiger partial charge < -0.3 is 4.74 Å². The van der Waals surface area contributed by atoms with Crippen LogP contribution in [0.4, 0.5) is 5.69 Å². The van der Waals surface area contributed by atoms with Gasteiger partial charge in [-0.2, -0.15) is 0 Å². The lowest BCUT2D eigenvalue weighted by atomic mass is 9.98. The third kappa shape index (κ3) is 6.04. The third-order valence-electron chi connectivity index (χ3n) is 4.09. The zero-order valence-electron chi connectivity index (χ0n) is 15.7. The second kappa shape index (κ2) is 10.6. The van der Waals surface area contributed by atoms with Crippen molar-refractivity contribution in [2.75, 3.05) is 6.61 Å². The normalized spacial score (nSPS) is 12.1. The summed E-state index contributed by atoms with van der Waals surface area (Å²) in [7, 11) is 0. The SMILES string of the molecule is CCCCc1ccc(N=CC(C(=O)OCC)C(=O)c2ccccc2Cl)cc1. The highest BCUT2D eigenvalue weighted by atomic mass is 35.5. The molecule has 2 aromatic carbocycles. The number of aryl methyl sites for hydroxylation is 1. The average molecular weight is 386 g/mol. The summed E-state index contributed by atoms with van der Waals surface area (Å²) in [5.41, 5.74) is 2.19. The topological polar surface area (TPSA) is 55.7 Å². The Bertz CT molecular complexity index is 799. The Morgan fingerprint density at radius 3 is 2.44 bits per heavy atom. The molecule has 0 spiro atoms. The molecule has 0 heterocycles. The van der Waals surface area contributed by atoms with Crippen LogP contribution in [0.15, 0.2) is 53.5 Å². The number of hydrogen-bond donors (Lipinski definition) is 0. The minimum Gasteiger partial charge on any atom is -0.465 e. The standard InChI is InChI=1S/C22H24ClNO3/c1-3-5-8-16-11-13-17(14-12-16)24-15-19(22(26)27-4-2)21(25)18-9-6-7-10-20(18)23/h6-7,9-15,19H,3-5,8H2,1-2H3. The van der Waals surface area contributed by atoms with E-state index in [4.69, 9.17) is 16.3 Å². The molecule has 0 fully saturated rings. The molecular formula is C22H24ClNO3. The Morgan fingerprint density at radius 1 is 1.11 bits per heavy atom. The van der Waals surface area contributed by atoms with Crippen LogP contribution in [-0.4, -0.2) is 24.6 Å². The number of aliphatic imine (C=N–C) groups is 1. The first-order chi connectivity index (χ1) is 13.1. The molecule has 0 radical (unpaired) electrons. The summed E-state index contributed by atoms with van der Waals surface area (Å²) in [6.45, 7) is 4.04. The Kier molecular flexibility index (Phi) is 8.21. The molecule has 5 heteroatoms. The lowest BCUT2D eigenvalue weighted by Crippen LogP contribution is -2.28. The molecule has 0 amide bonds. The first-order valence-corrected chi connectivity index (χ1v) is 9.53. The summed E-state index contributed by atoms with van der Waals surface area (Å²) in [5, 5.41) is 0.297. The molecule has 0 aromatic heterocycles. The maximum absolute atomic E-state index is 12.8. The van der Waals surface area contributed by atoms with Gasteiger partial charge in [0.05, 0.1) is 17.3 Å². The summed E-state index contributed by atoms with van der Waals surface area (Å²) >= 11 is 6.10. The van der Waals surface area contributed by atoms with Gasteiger partial charge in [0.15, 0.2) is 11.7 Å². The van der Waals surface area contributed by atoms with Gasteiger partial charge in [0, 0.05) is 11.8 Å². The number of hydrogen-bond acceptors (Lipinski definition) is 4. The van der Waals surface area contributed by atoms with E-state index in [0.717, 1.165) is 19.3 Å². The number of rotatable bonds is 9. The second-order valence-electron chi connectivity index (χ2n) is 6.12. The number of carbonyl (C=O) groups excluding carboxylic acids is 2. The predicted molar refractivity (Wildman–Crippen MR) is 109 cm³/mol. The van der Waals surface area contributed by atoms with Crippen molar-refractivity contribution in [2.45, 2.75) is 33.1 Å². The van der Waals surface area contributed by atoms with Gasteiger partial charge in [0.2, 0.25) is 0 Å². The van der Waals surface area contributed by atoms with E-state index < -0.39 is 17.7 Å². The molecule has 1 unspecified atom stereocenters. The van der Waals surface area contributed by atoms with Gasteiger partial charge in [-0.25, -0.2) is 0 Å². The fourth-order valence-electron chi connectivity index (χ4n) is 2.59. The molecule has 0 aliphatic carbocycles. The van der Waals surface area contributed by atoms with Crippen molar-refractivity contribution in [1.82, 2.24) is 0 Å². The predicted octanol–water partition coefficient (Wildman–Crippen LogP) is 5.45. The largest absolute Gasteiger partial charge is 0.465 e. The van der Waals surface area contributed by atoms with E-state index in [0.29, 0.717) is 10.7 Å². The maximum atomic E-state index is 12.8. The van der Waals surface area contributed by atoms with Crippen LogP contribution >= 0.6 is 11.6 Å². The highest BCUT2D eigenvalue weighted by Crippen LogP contribution is 2.20. The van der Waals surface area contributed by atoms with Gasteiger partial charge in [-0.1, -0.05) is 49.2 Å². The van der Waals surface area contributed by atoms with Crippen LogP contribution in [0.3, 0.4) is 0 Å². The Hall–Kier alpha value is -2.46. The van der Waals surface area contributed by atoms with Crippen molar-refractivity contribution >= 4 is 35.3 Å². The molecule has 0 N–H and O–H groups in total. The van der Waals surface area contributed by atoms with Crippen molar-refractivity contribution in [3.63, 3.8) is 0 Å². The first kappa shape index (κ1) is 20.8. The highest BCUT2D eigenvalue weighted by molar-refractivity contribution is 6.35. The number of ketones is 1. The van der Waals surface area contributed by atoms with Gasteiger partial charge >= 0.3 is 5.97 Å². The van der Waals surface area contributed by atoms with E-state index in [1.807, 2.05) is 24.3 Å². The van der Waals surface area contributed by atoms with Crippen molar-refractivity contribution in [3.8, 4) is 0 Å². The van der Waals surface area contributed by atoms with Gasteiger partial charge in [-0.15, -0.1) is 0 Å². The van der Waals surface area contributed by atoms with E-state index >= 15 is 0 Å². The van der Waals surface area contributed by atoms with Gasteiger partial charge in [-0.05, 0) is 49.6 Å². The minimum atomic E-state index is -1.13. The van der Waals surface area contributed by atoms with E-state index in [2.05, 4.69) is 11.9 Å². The van der Waals surface area contributed by atoms with Crippen LogP contribution in [0.5, 0.6) is 0 Å². The summed E-state index contributed by atoms with van der Waals surface area (Å²) in [5.74, 6) is -2.20. The third-order valence-corrected chi connectivity index (χ3v) is 4.42. The Morgan fingerprint density at radius 2 is 1.81 bits per heavy atom. The molecule has 0 saturated heterocycles. The monoisotopic (exact) mass is 385 g/mol. The van der Waals surface area contributed by atoms with Crippen molar-refractivity contribution in [3.05, 3.63) is 64.7 Å². The van der Waals surface area contributed by atoms with Crippen LogP contribution in [0.2, 0.25) is 5.02 Å². The minimum absolute atomic E-state index is 0.186. The highest BCUT2D eigenvalue weighted by Gasteiger charge is 2.28. The molecule has 27 heavy (non-hydrogen) atoms. The zero-order chi connectivity index (χ0) is 19.6. The van der Waals surface area contributed by atoms with Crippen LogP contribution < -0.4 is 0 Å². The number of halogens is 1. The number of esters is 1. The van der Waals surface area contributed by atoms with Crippen molar-refractivity contribution in [1.29, 1.82) is 0 Å². The van der Waals surface area contributed by atoms with Crippen LogP contribution in [0.25, 0.3) is 0 Å². The molecule has 2 aromatic rings. The number of ether oxygens (including phenoxy) is 1. The summed E-state index contributed by atoms with van der Waals surface area (Å²) in [4.78, 5) is 29.4. The molecule has 2 rings (SSSR count). The number of Topliss-reactive ketones (excluding diaryl/α,β-unsaturated/α-hetero) is 1. The molecule has 0 aliphatic rings. The smallest absolute Gasteiger partial charge is 0.322 e. The van der Waals surface area contributed by atoms with E-state index in [1.54, 1.807) is 31.2 Å². The fourth-order valence-corrected chi connectivity index (χ4v) is 2.82. The molecule has 0 aliphatic heterocycles. The number of nitrogens with zero attached hydrogens (tertiary/aromatic N) is 1. The van der Waals surface area contributed by atoms with E-state index in [9.17, 15) is 9.59 Å². The van der Waals surface area contributed by atoms with Gasteiger partial charge in [0.1, 0.15) is 0 Å². The van der Waals surface area contributed by atoms with Crippen molar-refractivity contribution in [2.24, 2.45) is 10.9 Å². The van der Waals surface area contributed by atoms with Crippen LogP contribution in [-0.2, 0) is 16.0 Å². The molecule has 4 nitrogen and oxygen atoms in total. The van der Waals surface area contributed by atoms with Gasteiger partial charge in [0.25, 0.3) is 0 Å². The summed E-state index contributed by atoms with van der Waals surface area (Å²) < 4.78 is 5.04. The second-order valence-corrected chi connectivity index (χ2v) is 6.53. The quantitative estimate of drug-likeness (QED) is 0.249. The first-order valence-electron chi connectivity index (χ1n) is 9.15. The molecule has 0 saturated carbocycles. The molecular weight excluding hydrogens is 362 g/mol. The number of unbranched alkanes of at least 4 members (excludes halogenated alkanes) is 1. The molecule has 1 atom stereocenters. The summed E-state index contributed by atoms with van der Waals surface area (Å²) in [6.07, 6.45) is 4.65. The Balaban J connectivity index is 2.21. The van der Waals surface area contributed by atoms with Crippen LogP contribution in [0, 0.1) is 5.92 Å². The number of carbonyl (C=O) groups is 2. The molecule has 0 bridgehead atoms. The zero-order valence-corrected chi connectivity index (χ0v) is 16.4. The average Bonchev–Trinajstić information content (AvgIpc) is 2.68. The van der Waals surface area contributed by atoms with E-state index in [-0.39, 0.29) is 12.2 Å². The number of benzene rings is 2. The van der Waals surface area contributed by atoms with Gasteiger partial charge in [-0.3, -0.25) is 14.6 Å². The van der Waals surface area contributed by atoms with E-state index in [1.165, 1.54) is 11.8 Å². The fraction of sp³-hybridized carbons (Fsp3) is 0.318. The lowest BCUT2D eigenvalue weighted by Gasteiger charge is -2.11. The van der Waals surface area contributed by atoms with Crippen LogP contribution in [0.1, 0.15) is 42.6 Å². The maximum Gasteiger partial charge on any atom is 0.322 e. The Labute approximate surface area is 165 Å².